The largest absolute Gasteiger partial charge is 0.396 e. The molecular formula is C16H19F2N3. The lowest BCUT2D eigenvalue weighted by molar-refractivity contribution is 0.308. The Bertz CT molecular complexity index is 630. The molecule has 1 aromatic carbocycles. The van der Waals surface area contributed by atoms with E-state index in [1.165, 1.54) is 50.4 Å². The minimum absolute atomic E-state index is 0.0496. The van der Waals surface area contributed by atoms with Crippen molar-refractivity contribution in [3.63, 3.8) is 0 Å². The SMILES string of the molecule is Nc1ccc(F)c(-c2cnn(CC3CCCCC3)c2)c1F. The lowest BCUT2D eigenvalue weighted by atomic mass is 9.89. The van der Waals surface area contributed by atoms with Gasteiger partial charge in [-0.3, -0.25) is 4.68 Å². The summed E-state index contributed by atoms with van der Waals surface area (Å²) in [5.41, 5.74) is 5.81. The summed E-state index contributed by atoms with van der Waals surface area (Å²) >= 11 is 0. The summed E-state index contributed by atoms with van der Waals surface area (Å²) in [6.07, 6.45) is 9.45. The maximum Gasteiger partial charge on any atom is 0.156 e. The standard InChI is InChI=1S/C16H19F2N3/c17-13-6-7-14(19)16(18)15(13)12-8-20-21(10-12)9-11-4-2-1-3-5-11/h6-8,10-11H,1-5,9,19H2. The van der Waals surface area contributed by atoms with Crippen LogP contribution in [0.2, 0.25) is 0 Å². The van der Waals surface area contributed by atoms with Crippen molar-refractivity contribution in [2.24, 2.45) is 5.92 Å². The average molecular weight is 291 g/mol. The van der Waals surface area contributed by atoms with Gasteiger partial charge in [0.15, 0.2) is 5.82 Å². The van der Waals surface area contributed by atoms with E-state index in [1.54, 1.807) is 10.9 Å². The molecular weight excluding hydrogens is 272 g/mol. The van der Waals surface area contributed by atoms with Crippen LogP contribution < -0.4 is 5.73 Å². The molecule has 112 valence electrons. The van der Waals surface area contributed by atoms with Gasteiger partial charge in [0.2, 0.25) is 0 Å². The molecule has 1 aliphatic rings. The van der Waals surface area contributed by atoms with Gasteiger partial charge in [-0.2, -0.15) is 5.10 Å². The van der Waals surface area contributed by atoms with Crippen molar-refractivity contribution in [2.45, 2.75) is 38.6 Å². The number of benzene rings is 1. The predicted molar refractivity (Wildman–Crippen MR) is 78.6 cm³/mol. The van der Waals surface area contributed by atoms with Crippen LogP contribution in [-0.4, -0.2) is 9.78 Å². The highest BCUT2D eigenvalue weighted by Gasteiger charge is 2.18. The third-order valence-corrected chi connectivity index (χ3v) is 4.21. The highest BCUT2D eigenvalue weighted by Crippen LogP contribution is 2.30. The van der Waals surface area contributed by atoms with Gasteiger partial charge in [-0.1, -0.05) is 19.3 Å². The second-order valence-corrected chi connectivity index (χ2v) is 5.78. The normalized spacial score (nSPS) is 16.3. The number of rotatable bonds is 3. The lowest BCUT2D eigenvalue weighted by Crippen LogP contribution is -2.14. The van der Waals surface area contributed by atoms with E-state index >= 15 is 0 Å². The molecule has 0 amide bonds. The molecule has 3 nitrogen and oxygen atoms in total. The molecule has 21 heavy (non-hydrogen) atoms. The first-order valence-corrected chi connectivity index (χ1v) is 7.41. The van der Waals surface area contributed by atoms with Crippen LogP contribution in [0.1, 0.15) is 32.1 Å². The summed E-state index contributed by atoms with van der Waals surface area (Å²) < 4.78 is 29.7. The fraction of sp³-hybridized carbons (Fsp3) is 0.438. The van der Waals surface area contributed by atoms with Crippen LogP contribution in [-0.2, 0) is 6.54 Å². The molecule has 0 unspecified atom stereocenters. The first kappa shape index (κ1) is 14.0. The second-order valence-electron chi connectivity index (χ2n) is 5.78. The van der Waals surface area contributed by atoms with Crippen molar-refractivity contribution in [3.8, 4) is 11.1 Å². The van der Waals surface area contributed by atoms with Gasteiger partial charge in [0, 0.05) is 18.3 Å². The lowest BCUT2D eigenvalue weighted by Gasteiger charge is -2.21. The molecule has 5 heteroatoms. The summed E-state index contributed by atoms with van der Waals surface area (Å²) in [5.74, 6) is -0.715. The van der Waals surface area contributed by atoms with Gasteiger partial charge < -0.3 is 5.73 Å². The second kappa shape index (κ2) is 5.84. The number of nitrogen functional groups attached to an aromatic ring is 1. The van der Waals surface area contributed by atoms with Crippen molar-refractivity contribution >= 4 is 5.69 Å². The number of aromatic nitrogens is 2. The Morgan fingerprint density at radius 2 is 1.95 bits per heavy atom. The Balaban J connectivity index is 1.83. The molecule has 1 aromatic heterocycles. The summed E-state index contributed by atoms with van der Waals surface area (Å²) in [6.45, 7) is 0.811. The third kappa shape index (κ3) is 2.91. The van der Waals surface area contributed by atoms with Gasteiger partial charge in [0.1, 0.15) is 5.82 Å². The minimum Gasteiger partial charge on any atom is -0.396 e. The summed E-state index contributed by atoms with van der Waals surface area (Å²) in [4.78, 5) is 0. The van der Waals surface area contributed by atoms with Crippen LogP contribution in [0.25, 0.3) is 11.1 Å². The highest BCUT2D eigenvalue weighted by molar-refractivity contribution is 5.68. The van der Waals surface area contributed by atoms with Crippen molar-refractivity contribution in [3.05, 3.63) is 36.2 Å². The molecule has 0 saturated heterocycles. The molecule has 1 aliphatic carbocycles. The molecule has 2 N–H and O–H groups in total. The van der Waals surface area contributed by atoms with Crippen LogP contribution in [0.15, 0.2) is 24.5 Å². The van der Waals surface area contributed by atoms with Crippen LogP contribution in [0.3, 0.4) is 0 Å². The number of nitrogens with two attached hydrogens (primary N) is 1. The number of anilines is 1. The Morgan fingerprint density at radius 1 is 1.19 bits per heavy atom. The number of nitrogens with zero attached hydrogens (tertiary/aromatic N) is 2. The Labute approximate surface area is 122 Å². The molecule has 1 saturated carbocycles. The Morgan fingerprint density at radius 3 is 2.71 bits per heavy atom. The molecule has 1 heterocycles. The Kier molecular flexibility index (Phi) is 3.90. The van der Waals surface area contributed by atoms with Crippen molar-refractivity contribution in [1.82, 2.24) is 9.78 Å². The number of hydrogen-bond acceptors (Lipinski definition) is 2. The average Bonchev–Trinajstić information content (AvgIpc) is 2.93. The van der Waals surface area contributed by atoms with Gasteiger partial charge >= 0.3 is 0 Å². The topological polar surface area (TPSA) is 43.8 Å². The van der Waals surface area contributed by atoms with Gasteiger partial charge in [-0.25, -0.2) is 8.78 Å². The van der Waals surface area contributed by atoms with Gasteiger partial charge in [-0.05, 0) is 30.9 Å². The zero-order valence-corrected chi connectivity index (χ0v) is 11.9. The molecule has 0 radical (unpaired) electrons. The van der Waals surface area contributed by atoms with E-state index in [4.69, 9.17) is 5.73 Å². The molecule has 1 fully saturated rings. The quantitative estimate of drug-likeness (QED) is 0.869. The van der Waals surface area contributed by atoms with E-state index in [1.807, 2.05) is 0 Å². The summed E-state index contributed by atoms with van der Waals surface area (Å²) in [7, 11) is 0. The first-order valence-electron chi connectivity index (χ1n) is 7.41. The summed E-state index contributed by atoms with van der Waals surface area (Å²) in [6, 6.07) is 2.42. The molecule has 0 spiro atoms. The van der Waals surface area contributed by atoms with E-state index in [0.29, 0.717) is 11.5 Å². The van der Waals surface area contributed by atoms with E-state index in [-0.39, 0.29) is 11.3 Å². The van der Waals surface area contributed by atoms with Crippen LogP contribution in [0, 0.1) is 17.6 Å². The van der Waals surface area contributed by atoms with Gasteiger partial charge in [-0.15, -0.1) is 0 Å². The monoisotopic (exact) mass is 291 g/mol. The first-order chi connectivity index (χ1) is 10.1. The van der Waals surface area contributed by atoms with Gasteiger partial charge in [0.25, 0.3) is 0 Å². The predicted octanol–water partition coefficient (Wildman–Crippen LogP) is 3.99. The molecule has 0 aliphatic heterocycles. The fourth-order valence-electron chi connectivity index (χ4n) is 3.06. The molecule has 0 bridgehead atoms. The Hall–Kier alpha value is -1.91. The van der Waals surface area contributed by atoms with E-state index < -0.39 is 11.6 Å². The maximum absolute atomic E-state index is 14.0. The van der Waals surface area contributed by atoms with Crippen molar-refractivity contribution in [2.75, 3.05) is 5.73 Å². The fourth-order valence-corrected chi connectivity index (χ4v) is 3.06. The van der Waals surface area contributed by atoms with Crippen LogP contribution in [0.4, 0.5) is 14.5 Å². The third-order valence-electron chi connectivity index (χ3n) is 4.21. The minimum atomic E-state index is -0.716. The van der Waals surface area contributed by atoms with E-state index in [9.17, 15) is 8.78 Å². The van der Waals surface area contributed by atoms with E-state index in [0.717, 1.165) is 6.54 Å². The zero-order valence-electron chi connectivity index (χ0n) is 11.9. The molecule has 3 rings (SSSR count). The maximum atomic E-state index is 14.0. The number of halogens is 2. The van der Waals surface area contributed by atoms with E-state index in [2.05, 4.69) is 5.10 Å². The molecule has 2 aromatic rings. The van der Waals surface area contributed by atoms with Crippen LogP contribution >= 0.6 is 0 Å². The summed E-state index contributed by atoms with van der Waals surface area (Å²) in [5, 5.41) is 4.24. The van der Waals surface area contributed by atoms with Crippen LogP contribution in [0.5, 0.6) is 0 Å². The molecule has 0 atom stereocenters. The van der Waals surface area contributed by atoms with Crippen molar-refractivity contribution < 1.29 is 8.78 Å². The number of hydrogen-bond donors (Lipinski definition) is 1. The highest BCUT2D eigenvalue weighted by atomic mass is 19.1. The van der Waals surface area contributed by atoms with Crippen molar-refractivity contribution in [1.29, 1.82) is 0 Å². The van der Waals surface area contributed by atoms with Gasteiger partial charge in [0.05, 0.1) is 17.4 Å². The smallest absolute Gasteiger partial charge is 0.156 e. The zero-order chi connectivity index (χ0) is 14.8.